The lowest BCUT2D eigenvalue weighted by Crippen LogP contribution is -2.37. The molecule has 7 heteroatoms. The van der Waals surface area contributed by atoms with Gasteiger partial charge >= 0.3 is 0 Å². The molecule has 0 spiro atoms. The van der Waals surface area contributed by atoms with Gasteiger partial charge in [-0.25, -0.2) is 18.7 Å². The Kier molecular flexibility index (Phi) is 3.70. The van der Waals surface area contributed by atoms with Crippen LogP contribution in [-0.2, 0) is 24.2 Å². The summed E-state index contributed by atoms with van der Waals surface area (Å²) >= 11 is 0. The zero-order valence-electron chi connectivity index (χ0n) is 11.7. The molecule has 5 nitrogen and oxygen atoms in total. The van der Waals surface area contributed by atoms with Gasteiger partial charge < -0.3 is 10.6 Å². The van der Waals surface area contributed by atoms with E-state index in [0.717, 1.165) is 23.4 Å². The van der Waals surface area contributed by atoms with E-state index in [9.17, 15) is 13.6 Å². The summed E-state index contributed by atoms with van der Waals surface area (Å²) in [4.78, 5) is 22.0. The molecule has 0 saturated carbocycles. The fourth-order valence-electron chi connectivity index (χ4n) is 2.48. The molecule has 0 fully saturated rings. The Labute approximate surface area is 125 Å². The summed E-state index contributed by atoms with van der Waals surface area (Å²) in [5, 5.41) is 0. The third kappa shape index (κ3) is 2.88. The van der Waals surface area contributed by atoms with Crippen molar-refractivity contribution in [1.82, 2.24) is 14.9 Å². The normalized spacial score (nSPS) is 13.8. The summed E-state index contributed by atoms with van der Waals surface area (Å²) in [6.07, 6.45) is 2.25. The Hall–Kier alpha value is -2.57. The first-order valence-electron chi connectivity index (χ1n) is 6.85. The number of carbonyl (C=O) groups excluding carboxylic acids is 1. The van der Waals surface area contributed by atoms with Gasteiger partial charge in [-0.1, -0.05) is 6.07 Å². The summed E-state index contributed by atoms with van der Waals surface area (Å²) < 4.78 is 26.1. The van der Waals surface area contributed by atoms with E-state index >= 15 is 0 Å². The number of anilines is 1. The molecule has 1 aromatic carbocycles. The van der Waals surface area contributed by atoms with E-state index < -0.39 is 11.6 Å². The van der Waals surface area contributed by atoms with Gasteiger partial charge in [-0.05, 0) is 17.7 Å². The predicted octanol–water partition coefficient (Wildman–Crippen LogP) is 1.46. The van der Waals surface area contributed by atoms with E-state index in [-0.39, 0.29) is 18.3 Å². The molecule has 1 aliphatic heterocycles. The average molecular weight is 304 g/mol. The first kappa shape index (κ1) is 14.4. The van der Waals surface area contributed by atoms with Crippen molar-refractivity contribution in [3.8, 4) is 0 Å². The van der Waals surface area contributed by atoms with Crippen molar-refractivity contribution in [2.24, 2.45) is 0 Å². The smallest absolute Gasteiger partial charge is 0.227 e. The van der Waals surface area contributed by atoms with Crippen molar-refractivity contribution in [3.63, 3.8) is 0 Å². The zero-order valence-corrected chi connectivity index (χ0v) is 11.7. The van der Waals surface area contributed by atoms with Gasteiger partial charge in [0.25, 0.3) is 0 Å². The minimum Gasteiger partial charge on any atom is -0.368 e. The molecule has 3 rings (SSSR count). The number of halogens is 2. The van der Waals surface area contributed by atoms with Crippen LogP contribution in [0, 0.1) is 11.6 Å². The van der Waals surface area contributed by atoms with Crippen LogP contribution in [-0.4, -0.2) is 27.3 Å². The lowest BCUT2D eigenvalue weighted by atomic mass is 10.1. The highest BCUT2D eigenvalue weighted by Crippen LogP contribution is 2.18. The molecule has 0 saturated heterocycles. The zero-order chi connectivity index (χ0) is 15.7. The SMILES string of the molecule is Nc1ncc2c(n1)CCN(C(=O)Cc1ccc(F)c(F)c1)C2. The van der Waals surface area contributed by atoms with Crippen LogP contribution in [0.2, 0.25) is 0 Å². The van der Waals surface area contributed by atoms with Gasteiger partial charge in [0.1, 0.15) is 0 Å². The van der Waals surface area contributed by atoms with E-state index in [4.69, 9.17) is 5.73 Å². The van der Waals surface area contributed by atoms with Crippen molar-refractivity contribution in [2.75, 3.05) is 12.3 Å². The van der Waals surface area contributed by atoms with Crippen LogP contribution < -0.4 is 5.73 Å². The third-order valence-electron chi connectivity index (χ3n) is 3.64. The van der Waals surface area contributed by atoms with Crippen molar-refractivity contribution >= 4 is 11.9 Å². The molecule has 0 radical (unpaired) electrons. The Balaban J connectivity index is 1.71. The Bertz CT molecular complexity index is 735. The van der Waals surface area contributed by atoms with Crippen LogP contribution in [0.3, 0.4) is 0 Å². The van der Waals surface area contributed by atoms with E-state index in [0.29, 0.717) is 25.1 Å². The molecule has 0 aliphatic carbocycles. The summed E-state index contributed by atoms with van der Waals surface area (Å²) in [7, 11) is 0. The quantitative estimate of drug-likeness (QED) is 0.912. The highest BCUT2D eigenvalue weighted by atomic mass is 19.2. The Morgan fingerprint density at radius 3 is 2.91 bits per heavy atom. The minimum atomic E-state index is -0.946. The topological polar surface area (TPSA) is 72.1 Å². The van der Waals surface area contributed by atoms with E-state index in [1.807, 2.05) is 0 Å². The van der Waals surface area contributed by atoms with Crippen LogP contribution >= 0.6 is 0 Å². The number of aromatic nitrogens is 2. The average Bonchev–Trinajstić information content (AvgIpc) is 2.50. The number of amides is 1. The number of nitrogens with two attached hydrogens (primary N) is 1. The summed E-state index contributed by atoms with van der Waals surface area (Å²) in [6, 6.07) is 3.49. The molecule has 114 valence electrons. The van der Waals surface area contributed by atoms with Crippen LogP contribution in [0.1, 0.15) is 16.8 Å². The molecule has 0 bridgehead atoms. The number of fused-ring (bicyclic) bond motifs is 1. The number of rotatable bonds is 2. The lowest BCUT2D eigenvalue weighted by Gasteiger charge is -2.28. The fourth-order valence-corrected chi connectivity index (χ4v) is 2.48. The molecule has 1 aliphatic rings. The second-order valence-corrected chi connectivity index (χ2v) is 5.19. The maximum atomic E-state index is 13.2. The largest absolute Gasteiger partial charge is 0.368 e. The van der Waals surface area contributed by atoms with Gasteiger partial charge in [-0.15, -0.1) is 0 Å². The van der Waals surface area contributed by atoms with E-state index in [1.165, 1.54) is 6.07 Å². The summed E-state index contributed by atoms with van der Waals surface area (Å²) in [6.45, 7) is 0.921. The third-order valence-corrected chi connectivity index (χ3v) is 3.64. The van der Waals surface area contributed by atoms with Crippen LogP contribution in [0.4, 0.5) is 14.7 Å². The summed E-state index contributed by atoms with van der Waals surface area (Å²) in [5.74, 6) is -1.79. The number of benzene rings is 1. The van der Waals surface area contributed by atoms with Gasteiger partial charge in [0.15, 0.2) is 11.6 Å². The summed E-state index contributed by atoms with van der Waals surface area (Å²) in [5.41, 5.74) is 7.69. The molecular weight excluding hydrogens is 290 g/mol. The monoisotopic (exact) mass is 304 g/mol. The Morgan fingerprint density at radius 1 is 1.32 bits per heavy atom. The number of carbonyl (C=O) groups is 1. The number of hydrogen-bond donors (Lipinski definition) is 1. The van der Waals surface area contributed by atoms with Crippen molar-refractivity contribution in [3.05, 3.63) is 52.9 Å². The molecule has 22 heavy (non-hydrogen) atoms. The molecule has 2 heterocycles. The molecule has 2 N–H and O–H groups in total. The van der Waals surface area contributed by atoms with Crippen LogP contribution in [0.15, 0.2) is 24.4 Å². The number of nitrogens with zero attached hydrogens (tertiary/aromatic N) is 3. The number of hydrogen-bond acceptors (Lipinski definition) is 4. The first-order valence-corrected chi connectivity index (χ1v) is 6.85. The van der Waals surface area contributed by atoms with Crippen LogP contribution in [0.25, 0.3) is 0 Å². The maximum Gasteiger partial charge on any atom is 0.227 e. The predicted molar refractivity (Wildman–Crippen MR) is 75.6 cm³/mol. The second-order valence-electron chi connectivity index (χ2n) is 5.19. The van der Waals surface area contributed by atoms with Gasteiger partial charge in [-0.3, -0.25) is 4.79 Å². The second kappa shape index (κ2) is 5.67. The van der Waals surface area contributed by atoms with Gasteiger partial charge in [-0.2, -0.15) is 0 Å². The highest BCUT2D eigenvalue weighted by Gasteiger charge is 2.22. The van der Waals surface area contributed by atoms with Gasteiger partial charge in [0, 0.05) is 31.3 Å². The molecule has 1 amide bonds. The maximum absolute atomic E-state index is 13.2. The minimum absolute atomic E-state index is 0.0301. The molecular formula is C15H14F2N4O. The van der Waals surface area contributed by atoms with Crippen LogP contribution in [0.5, 0.6) is 0 Å². The standard InChI is InChI=1S/C15H14F2N4O/c16-11-2-1-9(5-12(11)17)6-14(22)21-4-3-13-10(8-21)7-19-15(18)20-13/h1-2,5,7H,3-4,6,8H2,(H2,18,19,20). The lowest BCUT2D eigenvalue weighted by molar-refractivity contribution is -0.131. The number of nitrogen functional groups attached to an aromatic ring is 1. The molecule has 0 atom stereocenters. The van der Waals surface area contributed by atoms with Crippen molar-refractivity contribution < 1.29 is 13.6 Å². The van der Waals surface area contributed by atoms with Gasteiger partial charge in [0.2, 0.25) is 11.9 Å². The first-order chi connectivity index (χ1) is 10.5. The van der Waals surface area contributed by atoms with Gasteiger partial charge in [0.05, 0.1) is 12.1 Å². The van der Waals surface area contributed by atoms with Crippen molar-refractivity contribution in [1.29, 1.82) is 0 Å². The molecule has 2 aromatic rings. The van der Waals surface area contributed by atoms with Crippen molar-refractivity contribution in [2.45, 2.75) is 19.4 Å². The van der Waals surface area contributed by atoms with E-state index in [2.05, 4.69) is 9.97 Å². The molecule has 1 aromatic heterocycles. The van der Waals surface area contributed by atoms with E-state index in [1.54, 1.807) is 11.1 Å². The highest BCUT2D eigenvalue weighted by molar-refractivity contribution is 5.79. The molecule has 0 unspecified atom stereocenters. The fraction of sp³-hybridized carbons (Fsp3) is 0.267. The Morgan fingerprint density at radius 2 is 2.14 bits per heavy atom.